The van der Waals surface area contributed by atoms with E-state index >= 15 is 0 Å². The molecule has 0 fully saturated rings. The molecule has 0 bridgehead atoms. The normalized spacial score (nSPS) is 11.3. The van der Waals surface area contributed by atoms with Gasteiger partial charge in [-0.3, -0.25) is 19.2 Å². The van der Waals surface area contributed by atoms with Crippen molar-refractivity contribution in [1.82, 2.24) is 0 Å². The Morgan fingerprint density at radius 2 is 0.811 bits per heavy atom. The van der Waals surface area contributed by atoms with Crippen molar-refractivity contribution in [2.75, 3.05) is 0 Å². The molecule has 270 valence electrons. The topological polar surface area (TPSA) is 149 Å². The zero-order chi connectivity index (χ0) is 37.4. The number of rotatable bonds is 15. The van der Waals surface area contributed by atoms with E-state index in [1.165, 1.54) is 79.4 Å². The quantitative estimate of drug-likeness (QED) is 0.0797. The van der Waals surface area contributed by atoms with Gasteiger partial charge in [0.05, 0.1) is 25.7 Å². The molecule has 0 aromatic carbocycles. The van der Waals surface area contributed by atoms with E-state index in [-0.39, 0.29) is 25.7 Å². The minimum atomic E-state index is -1.01. The molecule has 0 amide bonds. The fraction of sp³-hybridized carbons (Fsp3) is 0.135. The second-order valence-electron chi connectivity index (χ2n) is 11.7. The highest BCUT2D eigenvalue weighted by molar-refractivity contribution is 7.31. The largest absolute Gasteiger partial charge is 0.481 e. The van der Waals surface area contributed by atoms with E-state index in [4.69, 9.17) is 0 Å². The summed E-state index contributed by atoms with van der Waals surface area (Å²) < 4.78 is 13.5. The molecule has 8 nitrogen and oxygen atoms in total. The van der Waals surface area contributed by atoms with Gasteiger partial charge in [-0.15, -0.1) is 79.4 Å². The molecular formula is C37H25FO8S7. The SMILES string of the molecule is O=C(O)Cc1ccsc1-c1ccc(-c2sc(-c3ccc(-c4cc(CC(=O)O)c(-c5ccc(-c6sc(CF)cc6CC(=O)O)s5)s4)s3)cc2CC(=O)O)s1. The van der Waals surface area contributed by atoms with Crippen molar-refractivity contribution in [3.8, 4) is 58.5 Å². The van der Waals surface area contributed by atoms with Crippen molar-refractivity contribution in [2.45, 2.75) is 32.4 Å². The van der Waals surface area contributed by atoms with Crippen LogP contribution in [-0.4, -0.2) is 44.3 Å². The Labute approximate surface area is 329 Å². The summed E-state index contributed by atoms with van der Waals surface area (Å²) in [5.74, 6) is -3.83. The second kappa shape index (κ2) is 15.6. The number of halogens is 1. The molecule has 0 aliphatic heterocycles. The predicted octanol–water partition coefficient (Wildman–Crippen LogP) is 11.1. The summed E-state index contributed by atoms with van der Waals surface area (Å²) in [5.41, 5.74) is 2.61. The van der Waals surface area contributed by atoms with Gasteiger partial charge in [-0.1, -0.05) is 0 Å². The van der Waals surface area contributed by atoms with Gasteiger partial charge >= 0.3 is 23.9 Å². The lowest BCUT2D eigenvalue weighted by atomic mass is 10.1. The van der Waals surface area contributed by atoms with Gasteiger partial charge < -0.3 is 20.4 Å². The average molecular weight is 841 g/mol. The molecule has 16 heteroatoms. The number of carboxylic acid groups (broad SMARTS) is 4. The maximum atomic E-state index is 13.5. The Morgan fingerprint density at radius 1 is 0.434 bits per heavy atom. The highest BCUT2D eigenvalue weighted by atomic mass is 32.1. The summed E-state index contributed by atoms with van der Waals surface area (Å²) in [6, 6.07) is 18.8. The van der Waals surface area contributed by atoms with Crippen LogP contribution in [0.4, 0.5) is 4.39 Å². The minimum absolute atomic E-state index is 0.0783. The molecule has 53 heavy (non-hydrogen) atoms. The highest BCUT2D eigenvalue weighted by Crippen LogP contribution is 2.49. The van der Waals surface area contributed by atoms with Crippen LogP contribution in [0.5, 0.6) is 0 Å². The Kier molecular flexibility index (Phi) is 10.9. The molecule has 0 saturated heterocycles. The van der Waals surface area contributed by atoms with Crippen LogP contribution in [0.25, 0.3) is 58.5 Å². The summed E-state index contributed by atoms with van der Waals surface area (Å²) in [6.07, 6.45) is -0.652. The highest BCUT2D eigenvalue weighted by Gasteiger charge is 2.23. The van der Waals surface area contributed by atoms with E-state index in [1.807, 2.05) is 60.0 Å². The number of hydrogen-bond acceptors (Lipinski definition) is 11. The van der Waals surface area contributed by atoms with Crippen LogP contribution in [0.1, 0.15) is 27.1 Å². The summed E-state index contributed by atoms with van der Waals surface area (Å²) in [6.45, 7) is -0.690. The third-order valence-corrected chi connectivity index (χ3v) is 16.7. The van der Waals surface area contributed by atoms with Crippen LogP contribution in [0.3, 0.4) is 0 Å². The molecule has 7 rings (SSSR count). The summed E-state index contributed by atoms with van der Waals surface area (Å²) in [7, 11) is 0. The van der Waals surface area contributed by atoms with Crippen molar-refractivity contribution in [3.63, 3.8) is 0 Å². The van der Waals surface area contributed by atoms with Crippen molar-refractivity contribution in [1.29, 1.82) is 0 Å². The van der Waals surface area contributed by atoms with E-state index in [1.54, 1.807) is 6.07 Å². The van der Waals surface area contributed by atoms with E-state index < -0.39 is 30.6 Å². The Hall–Kier alpha value is -4.29. The Bertz CT molecular complexity index is 2500. The minimum Gasteiger partial charge on any atom is -0.481 e. The first-order valence-electron chi connectivity index (χ1n) is 15.6. The lowest BCUT2D eigenvalue weighted by Gasteiger charge is -1.99. The number of hydrogen-bond donors (Lipinski definition) is 4. The molecular weight excluding hydrogens is 816 g/mol. The third kappa shape index (κ3) is 8.13. The summed E-state index contributed by atoms with van der Waals surface area (Å²) in [5, 5.41) is 40.1. The number of thiophene rings is 7. The van der Waals surface area contributed by atoms with Gasteiger partial charge in [-0.2, -0.15) is 0 Å². The van der Waals surface area contributed by atoms with Gasteiger partial charge in [0, 0.05) is 63.4 Å². The first kappa shape index (κ1) is 37.0. The van der Waals surface area contributed by atoms with Gasteiger partial charge in [0.15, 0.2) is 0 Å². The molecule has 7 aromatic rings. The molecule has 0 spiro atoms. The van der Waals surface area contributed by atoms with Gasteiger partial charge in [0.1, 0.15) is 6.67 Å². The van der Waals surface area contributed by atoms with Crippen molar-refractivity contribution < 1.29 is 44.0 Å². The molecule has 7 heterocycles. The fourth-order valence-corrected chi connectivity index (χ4v) is 13.9. The van der Waals surface area contributed by atoms with Gasteiger partial charge in [0.25, 0.3) is 0 Å². The van der Waals surface area contributed by atoms with E-state index in [9.17, 15) is 44.0 Å². The number of alkyl halides is 1. The molecule has 0 saturated carbocycles. The number of aliphatic carboxylic acids is 4. The third-order valence-electron chi connectivity index (χ3n) is 7.92. The van der Waals surface area contributed by atoms with E-state index in [2.05, 4.69) is 0 Å². The van der Waals surface area contributed by atoms with Crippen LogP contribution in [0.15, 0.2) is 66.0 Å². The Balaban J connectivity index is 1.20. The predicted molar refractivity (Wildman–Crippen MR) is 214 cm³/mol. The average Bonchev–Trinajstić information content (AvgIpc) is 3.93. The maximum absolute atomic E-state index is 13.5. The number of carboxylic acids is 4. The summed E-state index contributed by atoms with van der Waals surface area (Å²) in [4.78, 5) is 57.4. The van der Waals surface area contributed by atoms with Crippen LogP contribution in [-0.2, 0) is 51.5 Å². The molecule has 0 aliphatic rings. The van der Waals surface area contributed by atoms with Crippen LogP contribution in [0.2, 0.25) is 0 Å². The zero-order valence-electron chi connectivity index (χ0n) is 27.0. The second-order valence-corrected chi connectivity index (χ2v) is 19.1. The van der Waals surface area contributed by atoms with Gasteiger partial charge in [0.2, 0.25) is 0 Å². The molecule has 0 unspecified atom stereocenters. The van der Waals surface area contributed by atoms with E-state index in [0.29, 0.717) is 26.4 Å². The molecule has 0 radical (unpaired) electrons. The zero-order valence-corrected chi connectivity index (χ0v) is 32.8. The van der Waals surface area contributed by atoms with Crippen LogP contribution < -0.4 is 0 Å². The first-order valence-corrected chi connectivity index (χ1v) is 21.4. The van der Waals surface area contributed by atoms with Gasteiger partial charge in [-0.05, 0) is 88.3 Å². The lowest BCUT2D eigenvalue weighted by Crippen LogP contribution is -1.99. The monoisotopic (exact) mass is 840 g/mol. The smallest absolute Gasteiger partial charge is 0.307 e. The Morgan fingerprint density at radius 3 is 1.26 bits per heavy atom. The van der Waals surface area contributed by atoms with E-state index in [0.717, 1.165) is 59.2 Å². The van der Waals surface area contributed by atoms with Crippen LogP contribution in [0, 0.1) is 0 Å². The molecule has 0 atom stereocenters. The maximum Gasteiger partial charge on any atom is 0.307 e. The van der Waals surface area contributed by atoms with Gasteiger partial charge in [-0.25, -0.2) is 4.39 Å². The molecule has 0 aliphatic carbocycles. The van der Waals surface area contributed by atoms with Crippen molar-refractivity contribution in [3.05, 3.63) is 93.2 Å². The summed E-state index contributed by atoms with van der Waals surface area (Å²) >= 11 is 10.1. The standard InChI is InChI=1S/C37H25FO8S7/c38-16-21-9-18(13-31(41)42)35(48-21)25-5-6-27(51-25)37-20(15-33(45)46)11-29(53-37)23-2-1-22(49-23)28-10-19(14-32(43)44)36(52-28)26-4-3-24(50-26)34-17(7-8-47-34)12-30(39)40/h1-11H,12-16H2,(H,39,40)(H,41,42)(H,43,44)(H,45,46). The van der Waals surface area contributed by atoms with Crippen molar-refractivity contribution in [2.24, 2.45) is 0 Å². The number of carbonyl (C=O) groups is 4. The lowest BCUT2D eigenvalue weighted by molar-refractivity contribution is -0.137. The van der Waals surface area contributed by atoms with Crippen molar-refractivity contribution >= 4 is 103 Å². The molecule has 4 N–H and O–H groups in total. The molecule has 7 aromatic heterocycles. The fourth-order valence-electron chi connectivity index (χ4n) is 5.78. The van der Waals surface area contributed by atoms with Crippen LogP contribution >= 0.6 is 79.4 Å². The first-order chi connectivity index (χ1) is 25.4.